The van der Waals surface area contributed by atoms with Crippen LogP contribution in [0.3, 0.4) is 0 Å². The number of fused-ring (bicyclic) bond motifs is 1. The summed E-state index contributed by atoms with van der Waals surface area (Å²) in [7, 11) is 6.32. The van der Waals surface area contributed by atoms with Crippen molar-refractivity contribution in [1.82, 2.24) is 0 Å². The Bertz CT molecular complexity index is 1190. The summed E-state index contributed by atoms with van der Waals surface area (Å²) >= 11 is 0. The van der Waals surface area contributed by atoms with Gasteiger partial charge < -0.3 is 23.4 Å². The Kier molecular flexibility index (Phi) is 9.07. The van der Waals surface area contributed by atoms with Gasteiger partial charge in [0.2, 0.25) is 0 Å². The smallest absolute Gasteiger partial charge is 0.200 e. The predicted octanol–water partition coefficient (Wildman–Crippen LogP) is 6.89. The maximum atomic E-state index is 13.9. The molecule has 0 aliphatic heterocycles. The second kappa shape index (κ2) is 12.0. The standard InChI is InChI=1S/C29H38O6/c1-18(2)9-8-10-19(3)11-13-23-28(30)27-25(34-7)16-21(32-5)17-26(27)35-29(23)22-14-12-20(31-4)15-24(22)33-6/h12,14-19H,8-11,13H2,1-7H3. The van der Waals surface area contributed by atoms with Crippen LogP contribution in [-0.2, 0) is 6.42 Å². The topological polar surface area (TPSA) is 67.1 Å². The van der Waals surface area contributed by atoms with Gasteiger partial charge in [-0.1, -0.05) is 40.0 Å². The molecule has 0 spiro atoms. The quantitative estimate of drug-likeness (QED) is 0.280. The van der Waals surface area contributed by atoms with Gasteiger partial charge in [0.15, 0.2) is 5.43 Å². The van der Waals surface area contributed by atoms with Crippen LogP contribution in [0.5, 0.6) is 23.0 Å². The third-order valence-corrected chi connectivity index (χ3v) is 6.50. The van der Waals surface area contributed by atoms with E-state index in [-0.39, 0.29) is 5.43 Å². The van der Waals surface area contributed by atoms with Crippen molar-refractivity contribution in [3.63, 3.8) is 0 Å². The fraction of sp³-hybridized carbons (Fsp3) is 0.483. The van der Waals surface area contributed by atoms with Crippen molar-refractivity contribution in [3.8, 4) is 34.3 Å². The van der Waals surface area contributed by atoms with Crippen molar-refractivity contribution in [1.29, 1.82) is 0 Å². The molecule has 1 unspecified atom stereocenters. The molecule has 6 heteroatoms. The normalized spacial score (nSPS) is 12.1. The summed E-state index contributed by atoms with van der Waals surface area (Å²) in [5, 5.41) is 0.423. The van der Waals surface area contributed by atoms with E-state index in [4.69, 9.17) is 23.4 Å². The van der Waals surface area contributed by atoms with Crippen molar-refractivity contribution in [2.24, 2.45) is 11.8 Å². The van der Waals surface area contributed by atoms with E-state index >= 15 is 0 Å². The summed E-state index contributed by atoms with van der Waals surface area (Å²) < 4.78 is 28.4. The Hall–Kier alpha value is -3.15. The molecule has 0 aliphatic carbocycles. The van der Waals surface area contributed by atoms with Gasteiger partial charge in [-0.3, -0.25) is 4.79 Å². The van der Waals surface area contributed by atoms with Gasteiger partial charge in [-0.15, -0.1) is 0 Å². The zero-order valence-corrected chi connectivity index (χ0v) is 22.0. The Morgan fingerprint density at radius 3 is 2.11 bits per heavy atom. The molecule has 0 N–H and O–H groups in total. The van der Waals surface area contributed by atoms with Gasteiger partial charge in [-0.05, 0) is 36.8 Å². The molecule has 2 aromatic carbocycles. The lowest BCUT2D eigenvalue weighted by Crippen LogP contribution is -2.14. The van der Waals surface area contributed by atoms with Crippen LogP contribution in [0.4, 0.5) is 0 Å². The fourth-order valence-electron chi connectivity index (χ4n) is 4.41. The predicted molar refractivity (Wildman–Crippen MR) is 140 cm³/mol. The van der Waals surface area contributed by atoms with Crippen LogP contribution < -0.4 is 24.4 Å². The SMILES string of the molecule is COc1ccc(-c2oc3cc(OC)cc(OC)c3c(=O)c2CCC(C)CCCC(C)C)c(OC)c1. The van der Waals surface area contributed by atoms with Crippen LogP contribution in [0.15, 0.2) is 39.5 Å². The van der Waals surface area contributed by atoms with Gasteiger partial charge >= 0.3 is 0 Å². The van der Waals surface area contributed by atoms with E-state index in [0.717, 1.165) is 12.8 Å². The summed E-state index contributed by atoms with van der Waals surface area (Å²) in [6.45, 7) is 6.76. The van der Waals surface area contributed by atoms with Crippen LogP contribution in [0.25, 0.3) is 22.3 Å². The number of hydrogen-bond acceptors (Lipinski definition) is 6. The Morgan fingerprint density at radius 1 is 0.800 bits per heavy atom. The highest BCUT2D eigenvalue weighted by atomic mass is 16.5. The summed E-state index contributed by atoms with van der Waals surface area (Å²) in [4.78, 5) is 13.9. The van der Waals surface area contributed by atoms with Gasteiger partial charge in [0.05, 0.1) is 34.0 Å². The fourth-order valence-corrected chi connectivity index (χ4v) is 4.41. The molecule has 3 aromatic rings. The molecule has 3 rings (SSSR count). The van der Waals surface area contributed by atoms with E-state index in [1.807, 2.05) is 12.1 Å². The largest absolute Gasteiger partial charge is 0.497 e. The third-order valence-electron chi connectivity index (χ3n) is 6.50. The van der Waals surface area contributed by atoms with E-state index in [2.05, 4.69) is 20.8 Å². The van der Waals surface area contributed by atoms with Gasteiger partial charge in [0.25, 0.3) is 0 Å². The molecule has 0 saturated carbocycles. The highest BCUT2D eigenvalue weighted by molar-refractivity contribution is 5.88. The van der Waals surface area contributed by atoms with Crippen LogP contribution in [0.2, 0.25) is 0 Å². The second-order valence-corrected chi connectivity index (χ2v) is 9.48. The monoisotopic (exact) mass is 482 g/mol. The minimum Gasteiger partial charge on any atom is -0.497 e. The average Bonchev–Trinajstić information content (AvgIpc) is 2.86. The van der Waals surface area contributed by atoms with Gasteiger partial charge in [0, 0.05) is 23.8 Å². The summed E-state index contributed by atoms with van der Waals surface area (Å²) in [5.41, 5.74) is 1.65. The Balaban J connectivity index is 2.14. The van der Waals surface area contributed by atoms with Crippen LogP contribution in [0.1, 0.15) is 52.0 Å². The van der Waals surface area contributed by atoms with Crippen molar-refractivity contribution in [2.45, 2.75) is 52.9 Å². The molecular formula is C29H38O6. The van der Waals surface area contributed by atoms with Crippen LogP contribution in [-0.4, -0.2) is 28.4 Å². The maximum absolute atomic E-state index is 13.9. The lowest BCUT2D eigenvalue weighted by Gasteiger charge is -2.17. The molecule has 35 heavy (non-hydrogen) atoms. The number of benzene rings is 2. The van der Waals surface area contributed by atoms with Gasteiger partial charge in [0.1, 0.15) is 39.7 Å². The molecule has 0 aliphatic rings. The van der Waals surface area contributed by atoms with E-state index in [1.54, 1.807) is 46.6 Å². The summed E-state index contributed by atoms with van der Waals surface area (Å²) in [6, 6.07) is 8.94. The van der Waals surface area contributed by atoms with Gasteiger partial charge in [-0.2, -0.15) is 0 Å². The lowest BCUT2D eigenvalue weighted by molar-refractivity contribution is 0.393. The number of ether oxygens (including phenoxy) is 4. The summed E-state index contributed by atoms with van der Waals surface area (Å²) in [5.74, 6) is 3.93. The number of hydrogen-bond donors (Lipinski definition) is 0. The molecule has 0 saturated heterocycles. The first kappa shape index (κ1) is 26.5. The van der Waals surface area contributed by atoms with Crippen LogP contribution in [0, 0.1) is 11.8 Å². The first-order chi connectivity index (χ1) is 16.8. The Labute approximate surface area is 208 Å². The molecule has 6 nitrogen and oxygen atoms in total. The highest BCUT2D eigenvalue weighted by Crippen LogP contribution is 2.39. The zero-order valence-electron chi connectivity index (χ0n) is 22.0. The van der Waals surface area contributed by atoms with Crippen molar-refractivity contribution in [2.75, 3.05) is 28.4 Å². The first-order valence-corrected chi connectivity index (χ1v) is 12.3. The molecule has 0 fully saturated rings. The molecular weight excluding hydrogens is 444 g/mol. The molecule has 1 heterocycles. The van der Waals surface area contributed by atoms with E-state index in [0.29, 0.717) is 69.1 Å². The van der Waals surface area contributed by atoms with E-state index in [1.165, 1.54) is 12.8 Å². The zero-order chi connectivity index (χ0) is 25.5. The summed E-state index contributed by atoms with van der Waals surface area (Å²) in [6.07, 6.45) is 5.03. The lowest BCUT2D eigenvalue weighted by atomic mass is 9.92. The van der Waals surface area contributed by atoms with Crippen molar-refractivity contribution >= 4 is 11.0 Å². The molecule has 0 bridgehead atoms. The molecule has 0 amide bonds. The third kappa shape index (κ3) is 6.11. The molecule has 0 radical (unpaired) electrons. The highest BCUT2D eigenvalue weighted by Gasteiger charge is 2.23. The molecule has 1 aromatic heterocycles. The van der Waals surface area contributed by atoms with Gasteiger partial charge in [-0.25, -0.2) is 0 Å². The van der Waals surface area contributed by atoms with Crippen molar-refractivity contribution in [3.05, 3.63) is 46.1 Å². The second-order valence-electron chi connectivity index (χ2n) is 9.48. The number of rotatable bonds is 12. The minimum absolute atomic E-state index is 0.0898. The maximum Gasteiger partial charge on any atom is 0.200 e. The minimum atomic E-state index is -0.0898. The molecule has 1 atom stereocenters. The van der Waals surface area contributed by atoms with E-state index in [9.17, 15) is 4.79 Å². The first-order valence-electron chi connectivity index (χ1n) is 12.3. The molecule has 190 valence electrons. The van der Waals surface area contributed by atoms with Crippen molar-refractivity contribution < 1.29 is 23.4 Å². The van der Waals surface area contributed by atoms with Crippen LogP contribution >= 0.6 is 0 Å². The Morgan fingerprint density at radius 2 is 1.49 bits per heavy atom. The van der Waals surface area contributed by atoms with E-state index < -0.39 is 0 Å². The number of methoxy groups -OCH3 is 4. The average molecular weight is 483 g/mol.